The number of H-pyrrole nitrogens is 1. The predicted octanol–water partition coefficient (Wildman–Crippen LogP) is 0.518. The highest BCUT2D eigenvalue weighted by molar-refractivity contribution is 5.95. The van der Waals surface area contributed by atoms with Crippen LogP contribution in [0.5, 0.6) is 0 Å². The second kappa shape index (κ2) is 5.70. The molecular weight excluding hydrogens is 270 g/mol. The summed E-state index contributed by atoms with van der Waals surface area (Å²) >= 11 is 0. The van der Waals surface area contributed by atoms with Crippen LogP contribution in [0.15, 0.2) is 24.9 Å². The van der Waals surface area contributed by atoms with E-state index in [0.717, 1.165) is 24.4 Å². The summed E-state index contributed by atoms with van der Waals surface area (Å²) in [6.45, 7) is 2.40. The molecule has 3 aromatic rings. The summed E-state index contributed by atoms with van der Waals surface area (Å²) in [5, 5.41) is 6.92. The maximum absolute atomic E-state index is 12.2. The monoisotopic (exact) mass is 285 g/mol. The van der Waals surface area contributed by atoms with E-state index in [9.17, 15) is 4.79 Å². The average Bonchev–Trinajstić information content (AvgIpc) is 3.15. The van der Waals surface area contributed by atoms with Crippen LogP contribution >= 0.6 is 0 Å². The van der Waals surface area contributed by atoms with Gasteiger partial charge >= 0.3 is 0 Å². The van der Waals surface area contributed by atoms with Crippen molar-refractivity contribution in [1.82, 2.24) is 34.9 Å². The van der Waals surface area contributed by atoms with Gasteiger partial charge in [0, 0.05) is 31.6 Å². The average molecular weight is 285 g/mol. The predicted molar refractivity (Wildman–Crippen MR) is 74.8 cm³/mol. The molecule has 108 valence electrons. The fraction of sp³-hybridized carbons (Fsp3) is 0.308. The van der Waals surface area contributed by atoms with E-state index in [1.165, 1.54) is 12.5 Å². The molecule has 8 heteroatoms. The van der Waals surface area contributed by atoms with Crippen molar-refractivity contribution in [3.05, 3.63) is 42.0 Å². The van der Waals surface area contributed by atoms with E-state index in [1.54, 1.807) is 16.9 Å². The van der Waals surface area contributed by atoms with Crippen LogP contribution in [0.4, 0.5) is 0 Å². The van der Waals surface area contributed by atoms with Crippen LogP contribution in [0.25, 0.3) is 5.78 Å². The van der Waals surface area contributed by atoms with E-state index in [2.05, 4.69) is 30.4 Å². The van der Waals surface area contributed by atoms with Crippen molar-refractivity contribution >= 4 is 11.7 Å². The molecule has 0 aliphatic heterocycles. The number of nitrogens with zero attached hydrogens (tertiary/aromatic N) is 5. The first kappa shape index (κ1) is 13.2. The lowest BCUT2D eigenvalue weighted by Gasteiger charge is -2.07. The number of hydrogen-bond donors (Lipinski definition) is 2. The fourth-order valence-electron chi connectivity index (χ4n) is 2.10. The summed E-state index contributed by atoms with van der Waals surface area (Å²) in [6.07, 6.45) is 8.07. The van der Waals surface area contributed by atoms with Gasteiger partial charge in [0.05, 0.1) is 11.3 Å². The Hall–Kier alpha value is -2.77. The number of nitrogens with one attached hydrogen (secondary N) is 2. The van der Waals surface area contributed by atoms with Gasteiger partial charge in [-0.15, -0.1) is 0 Å². The Labute approximate surface area is 120 Å². The highest BCUT2D eigenvalue weighted by Crippen LogP contribution is 2.07. The normalized spacial score (nSPS) is 10.9. The number of imidazole rings is 1. The van der Waals surface area contributed by atoms with E-state index in [0.29, 0.717) is 17.9 Å². The third-order valence-corrected chi connectivity index (χ3v) is 3.22. The first-order chi connectivity index (χ1) is 10.3. The summed E-state index contributed by atoms with van der Waals surface area (Å²) < 4.78 is 1.55. The van der Waals surface area contributed by atoms with Gasteiger partial charge in [0.15, 0.2) is 0 Å². The SMILES string of the molecule is Cc1c(C(=O)NCCCc2ncc[nH]2)cnc2ncnn12. The van der Waals surface area contributed by atoms with E-state index in [1.807, 2.05) is 6.92 Å². The number of aryl methyl sites for hydroxylation is 2. The van der Waals surface area contributed by atoms with Crippen LogP contribution in [-0.4, -0.2) is 42.0 Å². The van der Waals surface area contributed by atoms with E-state index >= 15 is 0 Å². The first-order valence-electron chi connectivity index (χ1n) is 6.67. The number of amides is 1. The van der Waals surface area contributed by atoms with Gasteiger partial charge in [-0.25, -0.2) is 14.5 Å². The summed E-state index contributed by atoms with van der Waals surface area (Å²) in [7, 11) is 0. The van der Waals surface area contributed by atoms with Crippen molar-refractivity contribution in [1.29, 1.82) is 0 Å². The molecule has 0 bridgehead atoms. The summed E-state index contributed by atoms with van der Waals surface area (Å²) in [4.78, 5) is 27.4. The molecule has 0 atom stereocenters. The van der Waals surface area contributed by atoms with Crippen molar-refractivity contribution < 1.29 is 4.79 Å². The molecule has 0 aromatic carbocycles. The van der Waals surface area contributed by atoms with Crippen molar-refractivity contribution in [2.45, 2.75) is 19.8 Å². The van der Waals surface area contributed by atoms with Gasteiger partial charge in [-0.2, -0.15) is 10.1 Å². The molecular formula is C13H15N7O. The third-order valence-electron chi connectivity index (χ3n) is 3.22. The lowest BCUT2D eigenvalue weighted by atomic mass is 10.2. The highest BCUT2D eigenvalue weighted by Gasteiger charge is 2.13. The van der Waals surface area contributed by atoms with Crippen LogP contribution in [0.2, 0.25) is 0 Å². The van der Waals surface area contributed by atoms with E-state index < -0.39 is 0 Å². The minimum Gasteiger partial charge on any atom is -0.352 e. The third kappa shape index (κ3) is 2.73. The second-order valence-corrected chi connectivity index (χ2v) is 4.62. The molecule has 0 aliphatic rings. The molecule has 8 nitrogen and oxygen atoms in total. The lowest BCUT2D eigenvalue weighted by Crippen LogP contribution is -2.26. The fourth-order valence-corrected chi connectivity index (χ4v) is 2.10. The maximum atomic E-state index is 12.2. The number of carbonyl (C=O) groups is 1. The number of aromatic amines is 1. The minimum atomic E-state index is -0.156. The number of rotatable bonds is 5. The molecule has 1 amide bonds. The summed E-state index contributed by atoms with van der Waals surface area (Å²) in [5.41, 5.74) is 1.23. The Morgan fingerprint density at radius 2 is 2.29 bits per heavy atom. The summed E-state index contributed by atoms with van der Waals surface area (Å²) in [6, 6.07) is 0. The van der Waals surface area contributed by atoms with E-state index in [-0.39, 0.29) is 5.91 Å². The Morgan fingerprint density at radius 3 is 3.10 bits per heavy atom. The van der Waals surface area contributed by atoms with Gasteiger partial charge in [-0.1, -0.05) is 0 Å². The molecule has 3 aromatic heterocycles. The molecule has 0 saturated heterocycles. The Morgan fingerprint density at radius 1 is 1.38 bits per heavy atom. The quantitative estimate of drug-likeness (QED) is 0.665. The molecule has 0 unspecified atom stereocenters. The van der Waals surface area contributed by atoms with Gasteiger partial charge in [0.25, 0.3) is 11.7 Å². The van der Waals surface area contributed by atoms with Crippen LogP contribution in [0.3, 0.4) is 0 Å². The van der Waals surface area contributed by atoms with Crippen LogP contribution < -0.4 is 5.32 Å². The zero-order chi connectivity index (χ0) is 14.7. The van der Waals surface area contributed by atoms with Crippen LogP contribution in [0, 0.1) is 6.92 Å². The van der Waals surface area contributed by atoms with Crippen LogP contribution in [-0.2, 0) is 6.42 Å². The van der Waals surface area contributed by atoms with Crippen LogP contribution in [0.1, 0.15) is 28.3 Å². The molecule has 0 aliphatic carbocycles. The van der Waals surface area contributed by atoms with Gasteiger partial charge in [0.2, 0.25) is 0 Å². The molecule has 0 spiro atoms. The zero-order valence-electron chi connectivity index (χ0n) is 11.6. The molecule has 3 rings (SSSR count). The van der Waals surface area contributed by atoms with Gasteiger partial charge in [-0.3, -0.25) is 4.79 Å². The van der Waals surface area contributed by atoms with Crippen molar-refractivity contribution in [2.75, 3.05) is 6.54 Å². The molecule has 21 heavy (non-hydrogen) atoms. The van der Waals surface area contributed by atoms with Crippen molar-refractivity contribution in [3.63, 3.8) is 0 Å². The number of fused-ring (bicyclic) bond motifs is 1. The van der Waals surface area contributed by atoms with Gasteiger partial charge in [0.1, 0.15) is 12.2 Å². The van der Waals surface area contributed by atoms with Gasteiger partial charge < -0.3 is 10.3 Å². The second-order valence-electron chi connectivity index (χ2n) is 4.62. The highest BCUT2D eigenvalue weighted by atomic mass is 16.1. The topological polar surface area (TPSA) is 101 Å². The molecule has 0 saturated carbocycles. The summed E-state index contributed by atoms with van der Waals surface area (Å²) in [5.74, 6) is 1.25. The standard InChI is InChI=1S/C13H15N7O/c1-9-10(7-17-13-18-8-19-20(9)13)12(21)16-4-2-3-11-14-5-6-15-11/h5-8H,2-4H2,1H3,(H,14,15)(H,16,21). The first-order valence-corrected chi connectivity index (χ1v) is 6.67. The van der Waals surface area contributed by atoms with E-state index in [4.69, 9.17) is 0 Å². The zero-order valence-corrected chi connectivity index (χ0v) is 11.6. The number of aromatic nitrogens is 6. The Kier molecular flexibility index (Phi) is 3.59. The number of carbonyl (C=O) groups excluding carboxylic acids is 1. The molecule has 0 fully saturated rings. The number of hydrogen-bond acceptors (Lipinski definition) is 5. The minimum absolute atomic E-state index is 0.156. The maximum Gasteiger partial charge on any atom is 0.254 e. The largest absolute Gasteiger partial charge is 0.352 e. The molecule has 0 radical (unpaired) electrons. The Balaban J connectivity index is 1.60. The smallest absolute Gasteiger partial charge is 0.254 e. The van der Waals surface area contributed by atoms with Gasteiger partial charge in [-0.05, 0) is 13.3 Å². The lowest BCUT2D eigenvalue weighted by molar-refractivity contribution is 0.0951. The molecule has 3 heterocycles. The van der Waals surface area contributed by atoms with Crippen molar-refractivity contribution in [2.24, 2.45) is 0 Å². The van der Waals surface area contributed by atoms with Crippen molar-refractivity contribution in [3.8, 4) is 0 Å². The Bertz CT molecular complexity index is 747. The molecule has 2 N–H and O–H groups in total.